The van der Waals surface area contributed by atoms with Crippen molar-refractivity contribution in [1.29, 1.82) is 0 Å². The lowest BCUT2D eigenvalue weighted by molar-refractivity contribution is -0.131. The lowest BCUT2D eigenvalue weighted by atomic mass is 9.93. The minimum atomic E-state index is 0.405. The van der Waals surface area contributed by atoms with Crippen molar-refractivity contribution in [3.8, 4) is 0 Å². The van der Waals surface area contributed by atoms with Gasteiger partial charge in [0.2, 0.25) is 5.91 Å². The maximum atomic E-state index is 12.6. The number of fused-ring (bicyclic) bond motifs is 1. The van der Waals surface area contributed by atoms with Crippen molar-refractivity contribution < 1.29 is 4.79 Å². The second-order valence-corrected chi connectivity index (χ2v) is 8.55. The Hall–Kier alpha value is -1.10. The highest BCUT2D eigenvalue weighted by molar-refractivity contribution is 9.10. The summed E-state index contributed by atoms with van der Waals surface area (Å²) >= 11 is 3.59. The Balaban J connectivity index is 1.27. The van der Waals surface area contributed by atoms with E-state index in [4.69, 9.17) is 0 Å². The fourth-order valence-electron chi connectivity index (χ4n) is 4.77. The van der Waals surface area contributed by atoms with Crippen LogP contribution >= 0.6 is 15.9 Å². The first-order chi connectivity index (χ1) is 11.7. The summed E-state index contributed by atoms with van der Waals surface area (Å²) < 4.78 is 1.06. The number of pyridine rings is 1. The minimum Gasteiger partial charge on any atom is -0.356 e. The van der Waals surface area contributed by atoms with E-state index in [1.54, 1.807) is 0 Å². The lowest BCUT2D eigenvalue weighted by Gasteiger charge is -2.33. The number of aromatic nitrogens is 1. The van der Waals surface area contributed by atoms with Crippen LogP contribution in [-0.2, 0) is 4.79 Å². The SMILES string of the molecule is O=C(CC1CCN(c2ncccc2Br)CC1)N1CC2CCCC2C1. The van der Waals surface area contributed by atoms with Crippen LogP contribution in [-0.4, -0.2) is 42.0 Å². The highest BCUT2D eigenvalue weighted by atomic mass is 79.9. The Bertz CT molecular complexity index is 588. The highest BCUT2D eigenvalue weighted by Crippen LogP contribution is 2.38. The van der Waals surface area contributed by atoms with Gasteiger partial charge in [0, 0.05) is 38.8 Å². The summed E-state index contributed by atoms with van der Waals surface area (Å²) in [7, 11) is 0. The van der Waals surface area contributed by atoms with Gasteiger partial charge in [-0.3, -0.25) is 4.79 Å². The molecule has 1 aromatic rings. The molecule has 2 saturated heterocycles. The highest BCUT2D eigenvalue weighted by Gasteiger charge is 2.38. The Labute approximate surface area is 152 Å². The lowest BCUT2D eigenvalue weighted by Crippen LogP contribution is -2.37. The average Bonchev–Trinajstić information content (AvgIpc) is 3.18. The first-order valence-electron chi connectivity index (χ1n) is 9.34. The molecule has 0 bridgehead atoms. The monoisotopic (exact) mass is 391 g/mol. The third kappa shape index (κ3) is 3.32. The Kier molecular flexibility index (Phi) is 4.79. The number of halogens is 1. The zero-order valence-corrected chi connectivity index (χ0v) is 15.7. The smallest absolute Gasteiger partial charge is 0.222 e. The van der Waals surface area contributed by atoms with Gasteiger partial charge in [0.1, 0.15) is 5.82 Å². The normalized spacial score (nSPS) is 27.5. The molecular weight excluding hydrogens is 366 g/mol. The molecule has 3 aliphatic rings. The number of piperidine rings is 1. The van der Waals surface area contributed by atoms with Gasteiger partial charge in [0.25, 0.3) is 0 Å². The number of carbonyl (C=O) groups excluding carboxylic acids is 1. The molecule has 1 saturated carbocycles. The van der Waals surface area contributed by atoms with Crippen molar-refractivity contribution in [2.75, 3.05) is 31.1 Å². The van der Waals surface area contributed by atoms with E-state index in [1.165, 1.54) is 19.3 Å². The molecular formula is C19H26BrN3O. The van der Waals surface area contributed by atoms with Crippen LogP contribution in [0, 0.1) is 17.8 Å². The Morgan fingerprint density at radius 1 is 1.17 bits per heavy atom. The van der Waals surface area contributed by atoms with Gasteiger partial charge in [-0.25, -0.2) is 4.98 Å². The van der Waals surface area contributed by atoms with Crippen LogP contribution in [0.3, 0.4) is 0 Å². The molecule has 4 nitrogen and oxygen atoms in total. The molecule has 1 aromatic heterocycles. The van der Waals surface area contributed by atoms with E-state index in [1.807, 2.05) is 18.3 Å². The molecule has 1 aliphatic carbocycles. The van der Waals surface area contributed by atoms with E-state index in [9.17, 15) is 4.79 Å². The zero-order chi connectivity index (χ0) is 16.5. The molecule has 130 valence electrons. The second kappa shape index (κ2) is 7.03. The summed E-state index contributed by atoms with van der Waals surface area (Å²) in [6.07, 6.45) is 8.83. The molecule has 2 unspecified atom stereocenters. The Morgan fingerprint density at radius 3 is 2.54 bits per heavy atom. The summed E-state index contributed by atoms with van der Waals surface area (Å²) in [5.74, 6) is 3.59. The van der Waals surface area contributed by atoms with E-state index in [0.717, 1.165) is 67.6 Å². The third-order valence-electron chi connectivity index (χ3n) is 6.20. The molecule has 1 amide bonds. The van der Waals surface area contributed by atoms with Crippen molar-refractivity contribution in [2.24, 2.45) is 17.8 Å². The standard InChI is InChI=1S/C19H26BrN3O/c20-17-5-2-8-21-19(17)22-9-6-14(7-10-22)11-18(24)23-12-15-3-1-4-16(15)13-23/h2,5,8,14-16H,1,3-4,6-7,9-13H2. The molecule has 24 heavy (non-hydrogen) atoms. The van der Waals surface area contributed by atoms with Gasteiger partial charge in [-0.1, -0.05) is 6.42 Å². The molecule has 2 aliphatic heterocycles. The minimum absolute atomic E-state index is 0.405. The van der Waals surface area contributed by atoms with Gasteiger partial charge >= 0.3 is 0 Å². The van der Waals surface area contributed by atoms with Crippen LogP contribution in [0.5, 0.6) is 0 Å². The van der Waals surface area contributed by atoms with Crippen molar-refractivity contribution in [3.63, 3.8) is 0 Å². The molecule has 5 heteroatoms. The summed E-state index contributed by atoms with van der Waals surface area (Å²) in [6, 6.07) is 3.99. The van der Waals surface area contributed by atoms with Crippen molar-refractivity contribution in [2.45, 2.75) is 38.5 Å². The van der Waals surface area contributed by atoms with Crippen LogP contribution in [0.4, 0.5) is 5.82 Å². The van der Waals surface area contributed by atoms with E-state index in [0.29, 0.717) is 11.8 Å². The van der Waals surface area contributed by atoms with E-state index in [2.05, 4.69) is 30.7 Å². The number of likely N-dealkylation sites (tertiary alicyclic amines) is 1. The van der Waals surface area contributed by atoms with Crippen molar-refractivity contribution in [1.82, 2.24) is 9.88 Å². The summed E-state index contributed by atoms with van der Waals surface area (Å²) in [6.45, 7) is 4.06. The number of amides is 1. The van der Waals surface area contributed by atoms with E-state index in [-0.39, 0.29) is 0 Å². The van der Waals surface area contributed by atoms with Crippen LogP contribution in [0.25, 0.3) is 0 Å². The molecule has 0 N–H and O–H groups in total. The molecule has 3 heterocycles. The number of nitrogens with zero attached hydrogens (tertiary/aromatic N) is 3. The predicted octanol–water partition coefficient (Wildman–Crippen LogP) is 3.71. The molecule has 0 radical (unpaired) electrons. The van der Waals surface area contributed by atoms with Gasteiger partial charge in [-0.2, -0.15) is 0 Å². The summed E-state index contributed by atoms with van der Waals surface area (Å²) in [4.78, 5) is 21.6. The number of hydrogen-bond acceptors (Lipinski definition) is 3. The fraction of sp³-hybridized carbons (Fsp3) is 0.684. The number of carbonyl (C=O) groups is 1. The maximum Gasteiger partial charge on any atom is 0.222 e. The van der Waals surface area contributed by atoms with Crippen LogP contribution in [0.1, 0.15) is 38.5 Å². The average molecular weight is 392 g/mol. The van der Waals surface area contributed by atoms with Gasteiger partial charge in [-0.15, -0.1) is 0 Å². The number of rotatable bonds is 3. The van der Waals surface area contributed by atoms with Crippen LogP contribution in [0.2, 0.25) is 0 Å². The molecule has 0 spiro atoms. The largest absolute Gasteiger partial charge is 0.356 e. The topological polar surface area (TPSA) is 36.4 Å². The van der Waals surface area contributed by atoms with Crippen LogP contribution in [0.15, 0.2) is 22.8 Å². The molecule has 3 fully saturated rings. The van der Waals surface area contributed by atoms with Gasteiger partial charge in [0.15, 0.2) is 0 Å². The first-order valence-corrected chi connectivity index (χ1v) is 10.1. The van der Waals surface area contributed by atoms with Gasteiger partial charge < -0.3 is 9.80 Å². The number of anilines is 1. The summed E-state index contributed by atoms with van der Waals surface area (Å²) in [5, 5.41) is 0. The third-order valence-corrected chi connectivity index (χ3v) is 6.81. The molecule has 2 atom stereocenters. The second-order valence-electron chi connectivity index (χ2n) is 7.69. The van der Waals surface area contributed by atoms with Gasteiger partial charge in [-0.05, 0) is 71.5 Å². The van der Waals surface area contributed by atoms with Gasteiger partial charge in [0.05, 0.1) is 4.47 Å². The summed E-state index contributed by atoms with van der Waals surface area (Å²) in [5.41, 5.74) is 0. The van der Waals surface area contributed by atoms with Crippen molar-refractivity contribution >= 4 is 27.7 Å². The fourth-order valence-corrected chi connectivity index (χ4v) is 5.28. The quantitative estimate of drug-likeness (QED) is 0.787. The number of hydrogen-bond donors (Lipinski definition) is 0. The van der Waals surface area contributed by atoms with Crippen LogP contribution < -0.4 is 4.90 Å². The first kappa shape index (κ1) is 16.4. The zero-order valence-electron chi connectivity index (χ0n) is 14.2. The Morgan fingerprint density at radius 2 is 1.88 bits per heavy atom. The van der Waals surface area contributed by atoms with E-state index >= 15 is 0 Å². The maximum absolute atomic E-state index is 12.6. The van der Waals surface area contributed by atoms with Crippen molar-refractivity contribution in [3.05, 3.63) is 22.8 Å². The van der Waals surface area contributed by atoms with E-state index < -0.39 is 0 Å². The predicted molar refractivity (Wildman–Crippen MR) is 98.9 cm³/mol. The molecule has 4 rings (SSSR count). The molecule has 0 aromatic carbocycles.